The number of aliphatic hydroxyl groups is 1. The molecular weight excluding hydrogens is 378 g/mol. The van der Waals surface area contributed by atoms with Crippen molar-refractivity contribution >= 4 is 17.5 Å². The van der Waals surface area contributed by atoms with Crippen LogP contribution in [0.25, 0.3) is 0 Å². The first-order valence-electron chi connectivity index (χ1n) is 9.01. The number of halogens is 1. The van der Waals surface area contributed by atoms with E-state index in [2.05, 4.69) is 17.2 Å². The topological polar surface area (TPSA) is 67.8 Å². The second-order valence-electron chi connectivity index (χ2n) is 5.98. The number of ether oxygens (including phenoxy) is 2. The van der Waals surface area contributed by atoms with Gasteiger partial charge in [-0.2, -0.15) is 0 Å². The van der Waals surface area contributed by atoms with E-state index in [-0.39, 0.29) is 0 Å². The van der Waals surface area contributed by atoms with Crippen LogP contribution in [-0.2, 0) is 11.2 Å². The van der Waals surface area contributed by atoms with Gasteiger partial charge in [0.1, 0.15) is 6.61 Å². The molecule has 0 bridgehead atoms. The Kier molecular flexibility index (Phi) is 8.67. The van der Waals surface area contributed by atoms with Crippen molar-refractivity contribution in [1.82, 2.24) is 5.32 Å². The molecule has 0 heterocycles. The van der Waals surface area contributed by atoms with Gasteiger partial charge < -0.3 is 19.9 Å². The minimum absolute atomic E-state index is 0.308. The summed E-state index contributed by atoms with van der Waals surface area (Å²) in [4.78, 5) is 12.1. The van der Waals surface area contributed by atoms with E-state index < -0.39 is 12.0 Å². The van der Waals surface area contributed by atoms with E-state index in [0.29, 0.717) is 41.7 Å². The van der Waals surface area contributed by atoms with E-state index in [4.69, 9.17) is 21.1 Å². The molecule has 2 rings (SSSR count). The molecule has 28 heavy (non-hydrogen) atoms. The number of amides is 1. The van der Waals surface area contributed by atoms with Gasteiger partial charge in [0.25, 0.3) is 5.91 Å². The Morgan fingerprint density at radius 3 is 2.61 bits per heavy atom. The number of carbonyl (C=O) groups excluding carboxylic acids is 1. The molecule has 0 fully saturated rings. The molecule has 1 atom stereocenters. The number of nitrogens with one attached hydrogen (secondary N) is 1. The van der Waals surface area contributed by atoms with E-state index in [9.17, 15) is 9.90 Å². The average Bonchev–Trinajstić information content (AvgIpc) is 2.71. The molecule has 0 aliphatic rings. The predicted octanol–water partition coefficient (Wildman–Crippen LogP) is 3.53. The molecule has 0 aliphatic heterocycles. The van der Waals surface area contributed by atoms with Gasteiger partial charge in [0, 0.05) is 18.0 Å². The molecule has 1 amide bonds. The second kappa shape index (κ2) is 11.2. The molecule has 0 aliphatic carbocycles. The van der Waals surface area contributed by atoms with E-state index in [1.54, 1.807) is 31.4 Å². The Labute approximate surface area is 170 Å². The maximum absolute atomic E-state index is 12.1. The maximum atomic E-state index is 12.1. The Hall–Kier alpha value is -2.68. The van der Waals surface area contributed by atoms with Crippen molar-refractivity contribution in [3.63, 3.8) is 0 Å². The molecule has 0 saturated carbocycles. The van der Waals surface area contributed by atoms with E-state index in [1.807, 2.05) is 25.1 Å². The summed E-state index contributed by atoms with van der Waals surface area (Å²) in [6.45, 7) is 2.67. The van der Waals surface area contributed by atoms with Gasteiger partial charge in [0.05, 0.1) is 7.11 Å². The van der Waals surface area contributed by atoms with E-state index >= 15 is 0 Å². The Morgan fingerprint density at radius 1 is 1.18 bits per heavy atom. The van der Waals surface area contributed by atoms with Gasteiger partial charge in [-0.15, -0.1) is 5.92 Å². The number of benzene rings is 2. The monoisotopic (exact) mass is 401 g/mol. The number of hydrogen-bond acceptors (Lipinski definition) is 4. The number of carbonyl (C=O) groups is 1. The second-order valence-corrected chi connectivity index (χ2v) is 6.41. The first-order valence-corrected chi connectivity index (χ1v) is 9.39. The molecule has 5 nitrogen and oxygen atoms in total. The summed E-state index contributed by atoms with van der Waals surface area (Å²) < 4.78 is 11.0. The van der Waals surface area contributed by atoms with Crippen LogP contribution < -0.4 is 14.8 Å². The number of aliphatic hydroxyl groups excluding tert-OH is 1. The summed E-state index contributed by atoms with van der Waals surface area (Å²) >= 11 is 5.82. The van der Waals surface area contributed by atoms with Crippen LogP contribution in [0.2, 0.25) is 5.02 Å². The molecular formula is C22H24ClNO4. The van der Waals surface area contributed by atoms with Crippen molar-refractivity contribution in [2.24, 2.45) is 0 Å². The molecule has 0 aromatic heterocycles. The van der Waals surface area contributed by atoms with Crippen LogP contribution in [0.15, 0.2) is 42.5 Å². The minimum Gasteiger partial charge on any atom is -0.493 e. The Balaban J connectivity index is 1.87. The Morgan fingerprint density at radius 2 is 1.93 bits per heavy atom. The highest BCUT2D eigenvalue weighted by atomic mass is 35.5. The third kappa shape index (κ3) is 6.49. The summed E-state index contributed by atoms with van der Waals surface area (Å²) in [5, 5.41) is 13.4. The van der Waals surface area contributed by atoms with Crippen LogP contribution in [0.4, 0.5) is 0 Å². The highest BCUT2D eigenvalue weighted by molar-refractivity contribution is 6.30. The Bertz CT molecular complexity index is 840. The van der Waals surface area contributed by atoms with Crippen molar-refractivity contribution in [2.75, 3.05) is 20.3 Å². The minimum atomic E-state index is -1.23. The summed E-state index contributed by atoms with van der Waals surface area (Å²) in [7, 11) is 1.58. The van der Waals surface area contributed by atoms with Crippen molar-refractivity contribution in [3.8, 4) is 23.3 Å². The standard InChI is InChI=1S/C22H24ClNO4/c1-3-4-5-14-28-19-11-6-16(15-20(19)27-2)12-13-24-22(26)21(25)17-7-9-18(23)10-8-17/h6-11,15,21,25H,3,12-14H2,1-2H3,(H,24,26). The lowest BCUT2D eigenvalue weighted by Crippen LogP contribution is -2.30. The normalized spacial score (nSPS) is 11.1. The van der Waals surface area contributed by atoms with Crippen molar-refractivity contribution < 1.29 is 19.4 Å². The smallest absolute Gasteiger partial charge is 0.253 e. The van der Waals surface area contributed by atoms with Gasteiger partial charge in [-0.3, -0.25) is 4.79 Å². The number of hydrogen-bond donors (Lipinski definition) is 2. The van der Waals surface area contributed by atoms with Crippen molar-refractivity contribution in [2.45, 2.75) is 25.9 Å². The quantitative estimate of drug-likeness (QED) is 0.664. The lowest BCUT2D eigenvalue weighted by atomic mass is 10.1. The fourth-order valence-corrected chi connectivity index (χ4v) is 2.63. The first kappa shape index (κ1) is 21.6. The summed E-state index contributed by atoms with van der Waals surface area (Å²) in [5.74, 6) is 6.65. The van der Waals surface area contributed by atoms with Gasteiger partial charge in [0.2, 0.25) is 0 Å². The summed E-state index contributed by atoms with van der Waals surface area (Å²) in [6, 6.07) is 12.1. The average molecular weight is 402 g/mol. The van der Waals surface area contributed by atoms with Gasteiger partial charge in [-0.25, -0.2) is 0 Å². The van der Waals surface area contributed by atoms with Crippen LogP contribution >= 0.6 is 11.6 Å². The zero-order chi connectivity index (χ0) is 20.4. The number of methoxy groups -OCH3 is 1. The molecule has 0 saturated heterocycles. The molecule has 0 radical (unpaired) electrons. The van der Waals surface area contributed by atoms with E-state index in [0.717, 1.165) is 12.0 Å². The van der Waals surface area contributed by atoms with Crippen LogP contribution in [0, 0.1) is 11.8 Å². The maximum Gasteiger partial charge on any atom is 0.253 e. The van der Waals surface area contributed by atoms with Crippen LogP contribution in [0.5, 0.6) is 11.5 Å². The van der Waals surface area contributed by atoms with Gasteiger partial charge in [-0.1, -0.05) is 42.6 Å². The fraction of sp³-hybridized carbons (Fsp3) is 0.318. The molecule has 6 heteroatoms. The largest absolute Gasteiger partial charge is 0.493 e. The predicted molar refractivity (Wildman–Crippen MR) is 110 cm³/mol. The van der Waals surface area contributed by atoms with Crippen LogP contribution in [0.3, 0.4) is 0 Å². The third-order valence-corrected chi connectivity index (χ3v) is 4.23. The summed E-state index contributed by atoms with van der Waals surface area (Å²) in [6.07, 6.45) is 0.148. The molecule has 0 spiro atoms. The lowest BCUT2D eigenvalue weighted by molar-refractivity contribution is -0.129. The zero-order valence-electron chi connectivity index (χ0n) is 16.0. The van der Waals surface area contributed by atoms with Gasteiger partial charge in [-0.05, 0) is 41.8 Å². The van der Waals surface area contributed by atoms with Gasteiger partial charge in [0.15, 0.2) is 17.6 Å². The van der Waals surface area contributed by atoms with Crippen LogP contribution in [-0.4, -0.2) is 31.3 Å². The molecule has 2 N–H and O–H groups in total. The fourth-order valence-electron chi connectivity index (χ4n) is 2.50. The zero-order valence-corrected chi connectivity index (χ0v) is 16.8. The lowest BCUT2D eigenvalue weighted by Gasteiger charge is -2.13. The highest BCUT2D eigenvalue weighted by Gasteiger charge is 2.16. The molecule has 2 aromatic rings. The number of rotatable bonds is 8. The van der Waals surface area contributed by atoms with Crippen molar-refractivity contribution in [3.05, 3.63) is 58.6 Å². The van der Waals surface area contributed by atoms with Gasteiger partial charge >= 0.3 is 0 Å². The molecule has 1 unspecified atom stereocenters. The van der Waals surface area contributed by atoms with Crippen molar-refractivity contribution in [1.29, 1.82) is 0 Å². The first-order chi connectivity index (χ1) is 13.5. The molecule has 2 aromatic carbocycles. The van der Waals surface area contributed by atoms with Crippen LogP contribution in [0.1, 0.15) is 30.6 Å². The SMILES string of the molecule is CCC#CCOc1ccc(CCNC(=O)C(O)c2ccc(Cl)cc2)cc1OC. The summed E-state index contributed by atoms with van der Waals surface area (Å²) in [5.41, 5.74) is 1.47. The molecule has 148 valence electrons. The van der Waals surface area contributed by atoms with E-state index in [1.165, 1.54) is 0 Å². The third-order valence-electron chi connectivity index (χ3n) is 3.98. The highest BCUT2D eigenvalue weighted by Crippen LogP contribution is 2.28.